The maximum absolute atomic E-state index is 11.9. The van der Waals surface area contributed by atoms with Crippen molar-refractivity contribution in [3.63, 3.8) is 0 Å². The molecule has 0 aliphatic rings. The average molecular weight is 292 g/mol. The molecule has 0 aromatic carbocycles. The van der Waals surface area contributed by atoms with E-state index >= 15 is 0 Å². The number of aromatic nitrogens is 1. The smallest absolute Gasteiger partial charge is 0.422 e. The topological polar surface area (TPSA) is 22.3 Å². The van der Waals surface area contributed by atoms with Crippen LogP contribution in [-0.4, -0.2) is 19.9 Å². The summed E-state index contributed by atoms with van der Waals surface area (Å²) >= 11 is 5.54. The van der Waals surface area contributed by atoms with Crippen molar-refractivity contribution in [3.05, 3.63) is 18.5 Å². The number of halogens is 5. The Labute approximate surface area is 108 Å². The standard InChI is InChI=1S/C9H10ClF3NO2.ClH/c1-15-8-4-14(6-10)3-2-7(8)16-5-9(11,12)13;/h2-4H,5-6H2,1H3;1H/q+1;/p-1. The van der Waals surface area contributed by atoms with E-state index in [-0.39, 0.29) is 29.9 Å². The Morgan fingerprint density at radius 1 is 1.35 bits per heavy atom. The van der Waals surface area contributed by atoms with Crippen molar-refractivity contribution in [2.75, 3.05) is 13.7 Å². The van der Waals surface area contributed by atoms with E-state index in [0.29, 0.717) is 0 Å². The zero-order valence-corrected chi connectivity index (χ0v) is 10.3. The molecule has 98 valence electrons. The molecule has 1 rings (SSSR count). The van der Waals surface area contributed by atoms with E-state index in [1.807, 2.05) is 0 Å². The normalized spacial score (nSPS) is 10.6. The van der Waals surface area contributed by atoms with E-state index in [2.05, 4.69) is 4.74 Å². The number of ether oxygens (including phenoxy) is 2. The van der Waals surface area contributed by atoms with Crippen molar-refractivity contribution in [1.82, 2.24) is 0 Å². The Morgan fingerprint density at radius 3 is 2.47 bits per heavy atom. The minimum Gasteiger partial charge on any atom is -1.00 e. The van der Waals surface area contributed by atoms with Gasteiger partial charge in [-0.2, -0.15) is 17.7 Å². The van der Waals surface area contributed by atoms with Crippen LogP contribution in [0, 0.1) is 0 Å². The van der Waals surface area contributed by atoms with Gasteiger partial charge in [-0.15, -0.1) is 0 Å². The second-order valence-electron chi connectivity index (χ2n) is 2.92. The summed E-state index contributed by atoms with van der Waals surface area (Å²) < 4.78 is 46.8. The van der Waals surface area contributed by atoms with Crippen molar-refractivity contribution >= 4 is 11.6 Å². The zero-order chi connectivity index (χ0) is 12.2. The van der Waals surface area contributed by atoms with Crippen LogP contribution in [0.25, 0.3) is 0 Å². The molecule has 0 bridgehead atoms. The van der Waals surface area contributed by atoms with Crippen molar-refractivity contribution in [2.24, 2.45) is 0 Å². The molecule has 1 aromatic rings. The molecule has 0 N–H and O–H groups in total. The van der Waals surface area contributed by atoms with Gasteiger partial charge in [-0.25, -0.2) is 0 Å². The Morgan fingerprint density at radius 2 is 2.00 bits per heavy atom. The monoisotopic (exact) mass is 291 g/mol. The third-order valence-corrected chi connectivity index (χ3v) is 1.97. The summed E-state index contributed by atoms with van der Waals surface area (Å²) in [5.74, 6) is 0.230. The molecule has 0 aliphatic carbocycles. The Hall–Kier alpha value is -0.880. The first-order valence-electron chi connectivity index (χ1n) is 4.29. The number of rotatable bonds is 4. The highest BCUT2D eigenvalue weighted by Gasteiger charge is 2.29. The van der Waals surface area contributed by atoms with Gasteiger partial charge < -0.3 is 21.9 Å². The van der Waals surface area contributed by atoms with Gasteiger partial charge in [-0.1, -0.05) is 11.6 Å². The maximum Gasteiger partial charge on any atom is 0.422 e. The number of pyridine rings is 1. The van der Waals surface area contributed by atoms with Gasteiger partial charge in [0.15, 0.2) is 18.6 Å². The summed E-state index contributed by atoms with van der Waals surface area (Å²) in [4.78, 5) is 0. The molecular formula is C9H10Cl2F3NO2. The highest BCUT2D eigenvalue weighted by molar-refractivity contribution is 6.14. The lowest BCUT2D eigenvalue weighted by molar-refractivity contribution is -0.678. The summed E-state index contributed by atoms with van der Waals surface area (Å²) in [6.07, 6.45) is -1.41. The van der Waals surface area contributed by atoms with Gasteiger partial charge in [0.1, 0.15) is 0 Å². The van der Waals surface area contributed by atoms with Crippen molar-refractivity contribution in [1.29, 1.82) is 0 Å². The maximum atomic E-state index is 11.9. The lowest BCUT2D eigenvalue weighted by atomic mass is 10.4. The molecule has 0 spiro atoms. The fourth-order valence-electron chi connectivity index (χ4n) is 1.01. The first-order chi connectivity index (χ1) is 7.46. The van der Waals surface area contributed by atoms with Crippen LogP contribution in [0.15, 0.2) is 18.5 Å². The van der Waals surface area contributed by atoms with E-state index < -0.39 is 12.8 Å². The number of hydrogen-bond donors (Lipinski definition) is 0. The van der Waals surface area contributed by atoms with Gasteiger partial charge in [0.2, 0.25) is 18.0 Å². The van der Waals surface area contributed by atoms with Crippen LogP contribution in [0.3, 0.4) is 0 Å². The largest absolute Gasteiger partial charge is 1.00 e. The molecular weight excluding hydrogens is 282 g/mol. The molecule has 8 heteroatoms. The second kappa shape index (κ2) is 6.76. The molecule has 3 nitrogen and oxygen atoms in total. The Kier molecular flexibility index (Phi) is 6.41. The summed E-state index contributed by atoms with van der Waals surface area (Å²) in [7, 11) is 1.34. The van der Waals surface area contributed by atoms with Crippen LogP contribution in [-0.2, 0) is 6.00 Å². The van der Waals surface area contributed by atoms with Gasteiger partial charge in [-0.05, 0) is 0 Å². The quantitative estimate of drug-likeness (QED) is 0.531. The van der Waals surface area contributed by atoms with Gasteiger partial charge in [-0.3, -0.25) is 0 Å². The minimum absolute atomic E-state index is 0. The number of alkyl halides is 4. The molecule has 0 radical (unpaired) electrons. The fourth-order valence-corrected chi connectivity index (χ4v) is 1.16. The summed E-state index contributed by atoms with van der Waals surface area (Å²) in [6.45, 7) is -1.35. The van der Waals surface area contributed by atoms with Crippen molar-refractivity contribution < 1.29 is 39.6 Å². The molecule has 0 aliphatic heterocycles. The molecule has 0 atom stereocenters. The van der Waals surface area contributed by atoms with Crippen LogP contribution >= 0.6 is 11.6 Å². The average Bonchev–Trinajstić information content (AvgIpc) is 2.25. The molecule has 0 fully saturated rings. The number of nitrogens with zero attached hydrogens (tertiary/aromatic N) is 1. The lowest BCUT2D eigenvalue weighted by Gasteiger charge is -2.10. The Bertz CT molecular complexity index is 361. The third-order valence-electron chi connectivity index (χ3n) is 1.69. The van der Waals surface area contributed by atoms with E-state index in [1.54, 1.807) is 4.57 Å². The van der Waals surface area contributed by atoms with Crippen molar-refractivity contribution in [3.8, 4) is 11.5 Å². The zero-order valence-electron chi connectivity index (χ0n) is 8.80. The summed E-state index contributed by atoms with van der Waals surface area (Å²) in [6, 6.07) is 1.54. The molecule has 0 saturated heterocycles. The molecule has 0 saturated carbocycles. The molecule has 0 unspecified atom stereocenters. The van der Waals surface area contributed by atoms with E-state index in [1.165, 1.54) is 25.6 Å². The van der Waals surface area contributed by atoms with E-state index in [9.17, 15) is 13.2 Å². The summed E-state index contributed by atoms with van der Waals surface area (Å²) in [5.41, 5.74) is 0. The van der Waals surface area contributed by atoms with Gasteiger partial charge in [0.05, 0.1) is 7.11 Å². The first-order valence-corrected chi connectivity index (χ1v) is 4.82. The van der Waals surface area contributed by atoms with E-state index in [4.69, 9.17) is 16.3 Å². The first kappa shape index (κ1) is 16.1. The highest BCUT2D eigenvalue weighted by atomic mass is 35.5. The van der Waals surface area contributed by atoms with Crippen molar-refractivity contribution in [2.45, 2.75) is 12.2 Å². The lowest BCUT2D eigenvalue weighted by Crippen LogP contribution is -3.00. The fraction of sp³-hybridized carbons (Fsp3) is 0.444. The minimum atomic E-state index is -4.37. The molecule has 1 heterocycles. The highest BCUT2D eigenvalue weighted by Crippen LogP contribution is 2.26. The summed E-state index contributed by atoms with van der Waals surface area (Å²) in [5, 5.41) is 0. The van der Waals surface area contributed by atoms with Gasteiger partial charge >= 0.3 is 6.18 Å². The molecule has 17 heavy (non-hydrogen) atoms. The SMILES string of the molecule is COc1c[n+](CCl)ccc1OCC(F)(F)F.[Cl-]. The van der Waals surface area contributed by atoms with Crippen LogP contribution < -0.4 is 26.4 Å². The van der Waals surface area contributed by atoms with E-state index in [0.717, 1.165) is 0 Å². The van der Waals surface area contributed by atoms with Crippen LogP contribution in [0.2, 0.25) is 0 Å². The third kappa shape index (κ3) is 5.32. The second-order valence-corrected chi connectivity index (χ2v) is 3.15. The predicted octanol–water partition coefficient (Wildman–Crippen LogP) is -0.876. The number of methoxy groups -OCH3 is 1. The van der Waals surface area contributed by atoms with Crippen LogP contribution in [0.4, 0.5) is 13.2 Å². The predicted molar refractivity (Wildman–Crippen MR) is 50.6 cm³/mol. The van der Waals surface area contributed by atoms with Gasteiger partial charge in [0, 0.05) is 6.07 Å². The Balaban J connectivity index is 0.00000256. The molecule has 0 amide bonds. The van der Waals surface area contributed by atoms with Crippen LogP contribution in [0.1, 0.15) is 0 Å². The number of hydrogen-bond acceptors (Lipinski definition) is 2. The molecule has 1 aromatic heterocycles. The van der Waals surface area contributed by atoms with Gasteiger partial charge in [0.25, 0.3) is 0 Å². The van der Waals surface area contributed by atoms with Crippen LogP contribution in [0.5, 0.6) is 11.5 Å².